The van der Waals surface area contributed by atoms with Crippen LogP contribution in [0.1, 0.15) is 29.2 Å². The van der Waals surface area contributed by atoms with Crippen molar-refractivity contribution < 1.29 is 4.79 Å². The van der Waals surface area contributed by atoms with Gasteiger partial charge in [-0.3, -0.25) is 4.79 Å². The van der Waals surface area contributed by atoms with Gasteiger partial charge in [0.05, 0.1) is 12.2 Å². The van der Waals surface area contributed by atoms with Gasteiger partial charge in [0.25, 0.3) is 5.91 Å². The molecule has 26 heavy (non-hydrogen) atoms. The second-order valence-corrected chi connectivity index (χ2v) is 6.93. The van der Waals surface area contributed by atoms with Gasteiger partial charge in [0.1, 0.15) is 0 Å². The predicted octanol–water partition coefficient (Wildman–Crippen LogP) is 4.08. The van der Waals surface area contributed by atoms with E-state index in [0.717, 1.165) is 42.6 Å². The third kappa shape index (κ3) is 3.48. The van der Waals surface area contributed by atoms with Crippen molar-refractivity contribution in [1.82, 2.24) is 19.9 Å². The third-order valence-electron chi connectivity index (χ3n) is 4.86. The summed E-state index contributed by atoms with van der Waals surface area (Å²) in [5, 5.41) is 8.63. The molecule has 1 aliphatic rings. The number of benzene rings is 2. The van der Waals surface area contributed by atoms with Crippen molar-refractivity contribution in [3.63, 3.8) is 0 Å². The second-order valence-electron chi connectivity index (χ2n) is 6.49. The van der Waals surface area contributed by atoms with Crippen molar-refractivity contribution >= 4 is 17.5 Å². The molecule has 0 aliphatic carbocycles. The molecule has 132 valence electrons. The van der Waals surface area contributed by atoms with Crippen molar-refractivity contribution in [1.29, 1.82) is 0 Å². The molecule has 0 radical (unpaired) electrons. The lowest BCUT2D eigenvalue weighted by Crippen LogP contribution is -2.39. The van der Waals surface area contributed by atoms with Crippen LogP contribution in [0.3, 0.4) is 0 Å². The number of hydrogen-bond donors (Lipinski definition) is 0. The van der Waals surface area contributed by atoms with Crippen molar-refractivity contribution in [3.8, 4) is 11.1 Å². The van der Waals surface area contributed by atoms with Gasteiger partial charge in [-0.1, -0.05) is 41.1 Å². The van der Waals surface area contributed by atoms with Crippen LogP contribution in [0.5, 0.6) is 0 Å². The van der Waals surface area contributed by atoms with E-state index in [1.807, 2.05) is 64.3 Å². The molecule has 2 heterocycles. The van der Waals surface area contributed by atoms with E-state index in [9.17, 15) is 4.79 Å². The largest absolute Gasteiger partial charge is 0.338 e. The number of piperidine rings is 1. The second kappa shape index (κ2) is 7.30. The molecule has 3 aromatic rings. The van der Waals surface area contributed by atoms with Crippen molar-refractivity contribution in [3.05, 3.63) is 71.5 Å². The molecular formula is C20H19ClN4O. The molecule has 1 saturated heterocycles. The van der Waals surface area contributed by atoms with Gasteiger partial charge in [0, 0.05) is 29.9 Å². The molecule has 1 amide bonds. The number of aromatic nitrogens is 3. The number of carbonyl (C=O) groups excluding carboxylic acids is 1. The first-order chi connectivity index (χ1) is 12.7. The summed E-state index contributed by atoms with van der Waals surface area (Å²) in [4.78, 5) is 14.7. The predicted molar refractivity (Wildman–Crippen MR) is 101 cm³/mol. The van der Waals surface area contributed by atoms with Crippen LogP contribution in [0.25, 0.3) is 11.1 Å². The van der Waals surface area contributed by atoms with E-state index in [2.05, 4.69) is 10.3 Å². The molecule has 1 aromatic heterocycles. The molecule has 0 N–H and O–H groups in total. The molecule has 5 nitrogen and oxygen atoms in total. The molecule has 0 spiro atoms. The van der Waals surface area contributed by atoms with Gasteiger partial charge >= 0.3 is 0 Å². The summed E-state index contributed by atoms with van der Waals surface area (Å²) in [6.07, 6.45) is 5.38. The zero-order chi connectivity index (χ0) is 17.9. The lowest BCUT2D eigenvalue weighted by atomic mass is 10.0. The third-order valence-corrected chi connectivity index (χ3v) is 5.09. The highest BCUT2D eigenvalue weighted by Crippen LogP contribution is 2.25. The Morgan fingerprint density at radius 1 is 1.04 bits per heavy atom. The maximum Gasteiger partial charge on any atom is 0.253 e. The Hall–Kier alpha value is -2.66. The highest BCUT2D eigenvalue weighted by molar-refractivity contribution is 6.30. The van der Waals surface area contributed by atoms with Gasteiger partial charge in [0.15, 0.2) is 0 Å². The minimum Gasteiger partial charge on any atom is -0.338 e. The Kier molecular flexibility index (Phi) is 4.71. The molecule has 0 atom stereocenters. The van der Waals surface area contributed by atoms with Gasteiger partial charge in [-0.2, -0.15) is 0 Å². The molecule has 0 bridgehead atoms. The van der Waals surface area contributed by atoms with E-state index in [1.165, 1.54) is 0 Å². The summed E-state index contributed by atoms with van der Waals surface area (Å²) in [5.41, 5.74) is 2.81. The molecule has 0 saturated carbocycles. The topological polar surface area (TPSA) is 51.0 Å². The van der Waals surface area contributed by atoms with Crippen molar-refractivity contribution in [2.45, 2.75) is 18.9 Å². The summed E-state index contributed by atoms with van der Waals surface area (Å²) in [5.74, 6) is 0.0830. The molecule has 0 unspecified atom stereocenters. The minimum atomic E-state index is 0.0830. The summed E-state index contributed by atoms with van der Waals surface area (Å²) in [6.45, 7) is 1.47. The number of halogens is 1. The van der Waals surface area contributed by atoms with E-state index in [-0.39, 0.29) is 5.91 Å². The Balaban J connectivity index is 1.42. The molecule has 1 fully saturated rings. The van der Waals surface area contributed by atoms with Crippen LogP contribution in [0.2, 0.25) is 5.02 Å². The van der Waals surface area contributed by atoms with E-state index in [1.54, 1.807) is 6.20 Å². The van der Waals surface area contributed by atoms with E-state index in [0.29, 0.717) is 11.1 Å². The number of rotatable bonds is 3. The van der Waals surface area contributed by atoms with Gasteiger partial charge in [-0.05, 0) is 48.2 Å². The lowest BCUT2D eigenvalue weighted by Gasteiger charge is -2.31. The summed E-state index contributed by atoms with van der Waals surface area (Å²) in [6, 6.07) is 15.8. The summed E-state index contributed by atoms with van der Waals surface area (Å²) < 4.78 is 1.89. The van der Waals surface area contributed by atoms with Crippen LogP contribution >= 0.6 is 11.6 Å². The number of amides is 1. The first-order valence-corrected chi connectivity index (χ1v) is 9.09. The fourth-order valence-corrected chi connectivity index (χ4v) is 3.59. The average molecular weight is 367 g/mol. The van der Waals surface area contributed by atoms with E-state index < -0.39 is 0 Å². The van der Waals surface area contributed by atoms with Gasteiger partial charge in [-0.15, -0.1) is 5.10 Å². The highest BCUT2D eigenvalue weighted by Gasteiger charge is 2.24. The van der Waals surface area contributed by atoms with Crippen LogP contribution in [0.4, 0.5) is 0 Å². The monoisotopic (exact) mass is 366 g/mol. The van der Waals surface area contributed by atoms with Crippen LogP contribution in [-0.2, 0) is 0 Å². The fourth-order valence-electron chi connectivity index (χ4n) is 3.40. The van der Waals surface area contributed by atoms with Crippen molar-refractivity contribution in [2.75, 3.05) is 13.1 Å². The number of nitrogens with zero attached hydrogens (tertiary/aromatic N) is 4. The molecule has 4 rings (SSSR count). The van der Waals surface area contributed by atoms with E-state index in [4.69, 9.17) is 11.6 Å². The van der Waals surface area contributed by atoms with Gasteiger partial charge < -0.3 is 4.90 Å². The molecule has 1 aliphatic heterocycles. The van der Waals surface area contributed by atoms with E-state index >= 15 is 0 Å². The lowest BCUT2D eigenvalue weighted by molar-refractivity contribution is 0.0689. The Labute approximate surface area is 157 Å². The molecule has 2 aromatic carbocycles. The standard InChI is InChI=1S/C20H19ClN4O/c21-18-3-1-2-17(14-18)15-4-6-16(7-5-15)20(26)24-11-8-19(9-12-24)25-13-10-22-23-25/h1-7,10,13-14,19H,8-9,11-12H2. The number of likely N-dealkylation sites (tertiary alicyclic amines) is 1. The van der Waals surface area contributed by atoms with Crippen LogP contribution in [0, 0.1) is 0 Å². The van der Waals surface area contributed by atoms with Gasteiger partial charge in [-0.25, -0.2) is 4.68 Å². The quantitative estimate of drug-likeness (QED) is 0.702. The maximum atomic E-state index is 12.8. The normalized spacial score (nSPS) is 15.2. The Morgan fingerprint density at radius 2 is 1.81 bits per heavy atom. The van der Waals surface area contributed by atoms with Crippen molar-refractivity contribution in [2.24, 2.45) is 0 Å². The SMILES string of the molecule is O=C(c1ccc(-c2cccc(Cl)c2)cc1)N1CCC(n2ccnn2)CC1. The van der Waals surface area contributed by atoms with Crippen LogP contribution in [-0.4, -0.2) is 38.9 Å². The first-order valence-electron chi connectivity index (χ1n) is 8.72. The zero-order valence-corrected chi connectivity index (χ0v) is 15.0. The first kappa shape index (κ1) is 16.8. The molecule has 6 heteroatoms. The van der Waals surface area contributed by atoms with Crippen LogP contribution < -0.4 is 0 Å². The van der Waals surface area contributed by atoms with Crippen LogP contribution in [0.15, 0.2) is 60.9 Å². The smallest absolute Gasteiger partial charge is 0.253 e. The highest BCUT2D eigenvalue weighted by atomic mass is 35.5. The minimum absolute atomic E-state index is 0.0830. The average Bonchev–Trinajstić information content (AvgIpc) is 3.23. The maximum absolute atomic E-state index is 12.8. The zero-order valence-electron chi connectivity index (χ0n) is 14.3. The number of hydrogen-bond acceptors (Lipinski definition) is 3. The summed E-state index contributed by atoms with van der Waals surface area (Å²) in [7, 11) is 0. The Morgan fingerprint density at radius 3 is 2.46 bits per heavy atom. The Bertz CT molecular complexity index is 884. The number of carbonyl (C=O) groups is 1. The summed E-state index contributed by atoms with van der Waals surface area (Å²) >= 11 is 6.06. The van der Waals surface area contributed by atoms with Gasteiger partial charge in [0.2, 0.25) is 0 Å². The fraction of sp³-hybridized carbons (Fsp3) is 0.250. The molecular weight excluding hydrogens is 348 g/mol.